The van der Waals surface area contributed by atoms with Gasteiger partial charge in [-0.2, -0.15) is 0 Å². The molecular weight excluding hydrogens is 286 g/mol. The second kappa shape index (κ2) is 6.66. The number of hydrogen-bond donors (Lipinski definition) is 1. The molecule has 1 N–H and O–H groups in total. The van der Waals surface area contributed by atoms with Crippen molar-refractivity contribution in [3.8, 4) is 0 Å². The van der Waals surface area contributed by atoms with Gasteiger partial charge in [0.2, 0.25) is 0 Å². The number of aromatic nitrogens is 2. The summed E-state index contributed by atoms with van der Waals surface area (Å²) in [5.74, 6) is -0.682. The number of nitrogens with zero attached hydrogens (tertiary/aromatic N) is 3. The molecule has 116 valence electrons. The van der Waals surface area contributed by atoms with E-state index in [0.29, 0.717) is 19.5 Å². The van der Waals surface area contributed by atoms with Crippen LogP contribution in [0.5, 0.6) is 0 Å². The molecule has 0 aromatic carbocycles. The number of carbonyl (C=O) groups is 1. The molecule has 0 aliphatic carbocycles. The molecule has 0 amide bonds. The lowest BCUT2D eigenvalue weighted by atomic mass is 9.76. The van der Waals surface area contributed by atoms with Gasteiger partial charge in [0.1, 0.15) is 10.0 Å². The molecule has 1 aliphatic heterocycles. The van der Waals surface area contributed by atoms with E-state index in [2.05, 4.69) is 15.1 Å². The molecule has 2 rings (SSSR count). The van der Waals surface area contributed by atoms with Gasteiger partial charge in [0.15, 0.2) is 0 Å². The molecule has 6 heteroatoms. The van der Waals surface area contributed by atoms with Gasteiger partial charge in [0, 0.05) is 6.54 Å². The maximum atomic E-state index is 11.8. The minimum Gasteiger partial charge on any atom is -0.481 e. The van der Waals surface area contributed by atoms with Crippen molar-refractivity contribution >= 4 is 17.3 Å². The van der Waals surface area contributed by atoms with Crippen LogP contribution in [-0.4, -0.2) is 39.3 Å². The van der Waals surface area contributed by atoms with Crippen LogP contribution in [0.3, 0.4) is 0 Å². The van der Waals surface area contributed by atoms with Gasteiger partial charge in [0.25, 0.3) is 0 Å². The quantitative estimate of drug-likeness (QED) is 0.847. The first-order valence-corrected chi connectivity index (χ1v) is 8.11. The first-order chi connectivity index (χ1) is 9.91. The van der Waals surface area contributed by atoms with Gasteiger partial charge >= 0.3 is 5.97 Å². The van der Waals surface area contributed by atoms with E-state index in [0.717, 1.165) is 29.4 Å². The Balaban J connectivity index is 2.09. The van der Waals surface area contributed by atoms with E-state index in [-0.39, 0.29) is 0 Å². The average molecular weight is 309 g/mol. The normalized spacial score (nSPS) is 23.0. The fourth-order valence-corrected chi connectivity index (χ4v) is 3.53. The summed E-state index contributed by atoms with van der Waals surface area (Å²) in [6.07, 6.45) is 4.32. The van der Waals surface area contributed by atoms with E-state index in [4.69, 9.17) is 0 Å². The number of rotatable bonds is 5. The van der Waals surface area contributed by atoms with Crippen LogP contribution >= 0.6 is 11.3 Å². The molecule has 0 bridgehead atoms. The summed E-state index contributed by atoms with van der Waals surface area (Å²) in [5, 5.41) is 19.8. The highest BCUT2D eigenvalue weighted by Gasteiger charge is 2.41. The molecule has 1 saturated heterocycles. The van der Waals surface area contributed by atoms with Crippen LogP contribution in [0.2, 0.25) is 0 Å². The number of carboxylic acids is 1. The van der Waals surface area contributed by atoms with Crippen molar-refractivity contribution in [1.29, 1.82) is 0 Å². The Morgan fingerprint density at radius 1 is 1.48 bits per heavy atom. The number of aliphatic carboxylic acids is 1. The molecule has 0 unspecified atom stereocenters. The maximum absolute atomic E-state index is 11.8. The monoisotopic (exact) mass is 309 g/mol. The lowest BCUT2D eigenvalue weighted by Crippen LogP contribution is -2.47. The number of carboxylic acid groups (broad SMARTS) is 1. The Kier molecular flexibility index (Phi) is 5.11. The van der Waals surface area contributed by atoms with Crippen molar-refractivity contribution in [3.05, 3.63) is 21.7 Å². The second-order valence-electron chi connectivity index (χ2n) is 6.10. The predicted molar refractivity (Wildman–Crippen MR) is 83.3 cm³/mol. The summed E-state index contributed by atoms with van der Waals surface area (Å²) in [7, 11) is 0. The summed E-state index contributed by atoms with van der Waals surface area (Å²) < 4.78 is 0. The first-order valence-electron chi connectivity index (χ1n) is 7.29. The zero-order chi connectivity index (χ0) is 15.5. The van der Waals surface area contributed by atoms with E-state index in [1.807, 2.05) is 26.8 Å². The highest BCUT2D eigenvalue weighted by Crippen LogP contribution is 2.35. The fraction of sp³-hybridized carbons (Fsp3) is 0.667. The highest BCUT2D eigenvalue weighted by atomic mass is 32.1. The van der Waals surface area contributed by atoms with Gasteiger partial charge in [-0.1, -0.05) is 11.6 Å². The molecule has 21 heavy (non-hydrogen) atoms. The minimum atomic E-state index is -0.682. The number of likely N-dealkylation sites (tertiary alicyclic amines) is 1. The highest BCUT2D eigenvalue weighted by molar-refractivity contribution is 7.11. The number of allylic oxidation sites excluding steroid dienone is 2. The molecule has 0 spiro atoms. The van der Waals surface area contributed by atoms with E-state index in [1.54, 1.807) is 11.3 Å². The molecule has 1 aliphatic rings. The Labute approximate surface area is 129 Å². The molecule has 1 aromatic rings. The number of aryl methyl sites for hydroxylation is 1. The summed E-state index contributed by atoms with van der Waals surface area (Å²) >= 11 is 1.58. The third-order valence-corrected chi connectivity index (χ3v) is 4.76. The van der Waals surface area contributed by atoms with Crippen molar-refractivity contribution in [1.82, 2.24) is 15.1 Å². The van der Waals surface area contributed by atoms with Crippen molar-refractivity contribution in [3.63, 3.8) is 0 Å². The van der Waals surface area contributed by atoms with Crippen molar-refractivity contribution in [2.45, 2.75) is 46.6 Å². The first kappa shape index (κ1) is 16.1. The minimum absolute atomic E-state index is 0.588. The van der Waals surface area contributed by atoms with Gasteiger partial charge in [0.05, 0.1) is 12.0 Å². The topological polar surface area (TPSA) is 66.3 Å². The van der Waals surface area contributed by atoms with E-state index in [1.165, 1.54) is 5.57 Å². The molecule has 5 nitrogen and oxygen atoms in total. The van der Waals surface area contributed by atoms with Gasteiger partial charge in [-0.05, 0) is 46.6 Å². The Morgan fingerprint density at radius 2 is 2.24 bits per heavy atom. The average Bonchev–Trinajstić information content (AvgIpc) is 2.82. The van der Waals surface area contributed by atoms with Crippen LogP contribution in [0.4, 0.5) is 0 Å². The SMILES string of the molecule is CC(C)=CC[C@]1(C(=O)O)CCCN(Cc2nnc(C)s2)C1. The fourth-order valence-electron chi connectivity index (χ4n) is 2.78. The van der Waals surface area contributed by atoms with Crippen LogP contribution < -0.4 is 0 Å². The predicted octanol–water partition coefficient (Wildman–Crippen LogP) is 2.87. The Morgan fingerprint density at radius 3 is 2.81 bits per heavy atom. The third-order valence-electron chi connectivity index (χ3n) is 3.94. The number of piperidine rings is 1. The van der Waals surface area contributed by atoms with Crippen LogP contribution in [0, 0.1) is 12.3 Å². The van der Waals surface area contributed by atoms with Crippen molar-refractivity contribution in [2.75, 3.05) is 13.1 Å². The molecule has 1 aromatic heterocycles. The van der Waals surface area contributed by atoms with Crippen molar-refractivity contribution in [2.24, 2.45) is 5.41 Å². The van der Waals surface area contributed by atoms with Gasteiger partial charge < -0.3 is 5.11 Å². The zero-order valence-electron chi connectivity index (χ0n) is 12.9. The van der Waals surface area contributed by atoms with Crippen LogP contribution in [0.25, 0.3) is 0 Å². The van der Waals surface area contributed by atoms with Gasteiger partial charge in [-0.25, -0.2) is 0 Å². The molecule has 2 heterocycles. The Bertz CT molecular complexity index is 537. The van der Waals surface area contributed by atoms with Gasteiger partial charge in [-0.15, -0.1) is 21.5 Å². The van der Waals surface area contributed by atoms with Crippen LogP contribution in [0.1, 0.15) is 43.1 Å². The van der Waals surface area contributed by atoms with E-state index in [9.17, 15) is 9.90 Å². The molecule has 0 radical (unpaired) electrons. The third kappa shape index (κ3) is 4.11. The van der Waals surface area contributed by atoms with E-state index >= 15 is 0 Å². The molecule has 1 atom stereocenters. The molecule has 0 saturated carbocycles. The molecule has 1 fully saturated rings. The van der Waals surface area contributed by atoms with Crippen LogP contribution in [0.15, 0.2) is 11.6 Å². The summed E-state index contributed by atoms with van der Waals surface area (Å²) in [6, 6.07) is 0. The van der Waals surface area contributed by atoms with Crippen molar-refractivity contribution < 1.29 is 9.90 Å². The molecular formula is C15H23N3O2S. The summed E-state index contributed by atoms with van der Waals surface area (Å²) in [4.78, 5) is 14.0. The van der Waals surface area contributed by atoms with Gasteiger partial charge in [-0.3, -0.25) is 9.69 Å². The largest absolute Gasteiger partial charge is 0.481 e. The smallest absolute Gasteiger partial charge is 0.311 e. The lowest BCUT2D eigenvalue weighted by molar-refractivity contribution is -0.152. The lowest BCUT2D eigenvalue weighted by Gasteiger charge is -2.39. The van der Waals surface area contributed by atoms with E-state index < -0.39 is 11.4 Å². The zero-order valence-corrected chi connectivity index (χ0v) is 13.7. The summed E-state index contributed by atoms with van der Waals surface area (Å²) in [5.41, 5.74) is 0.516. The number of hydrogen-bond acceptors (Lipinski definition) is 5. The van der Waals surface area contributed by atoms with Crippen LogP contribution in [-0.2, 0) is 11.3 Å². The Hall–Kier alpha value is -1.27. The maximum Gasteiger partial charge on any atom is 0.311 e. The second-order valence-corrected chi connectivity index (χ2v) is 7.37. The standard InChI is InChI=1S/C15H23N3O2S/c1-11(2)5-7-15(14(19)20)6-4-8-18(10-15)9-13-17-16-12(3)21-13/h5H,4,6-10H2,1-3H3,(H,19,20)/t15-/m1/s1. The summed E-state index contributed by atoms with van der Waals surface area (Å²) in [6.45, 7) is 8.19.